The molecule has 0 aromatic rings. The molecule has 1 aliphatic rings. The third kappa shape index (κ3) is 5.36. The topological polar surface area (TPSA) is 89.9 Å². The number of carboxylic acid groups (broad SMARTS) is 1. The zero-order valence-corrected chi connectivity index (χ0v) is 12.6. The number of rotatable bonds is 5. The maximum atomic E-state index is 11.9. The van der Waals surface area contributed by atoms with Crippen LogP contribution in [0, 0.1) is 11.8 Å². The fraction of sp³-hybridized carbons (Fsp3) is 0.857. The minimum atomic E-state index is -0.944. The number of aliphatic carboxylic acids is 1. The van der Waals surface area contributed by atoms with Crippen molar-refractivity contribution in [3.05, 3.63) is 0 Å². The largest absolute Gasteiger partial charge is 0.481 e. The summed E-state index contributed by atoms with van der Waals surface area (Å²) in [5.74, 6) is -1.13. The average molecular weight is 286 g/mol. The minimum Gasteiger partial charge on any atom is -0.481 e. The van der Waals surface area contributed by atoms with Crippen molar-refractivity contribution in [3.63, 3.8) is 0 Å². The van der Waals surface area contributed by atoms with Crippen LogP contribution in [0.4, 0.5) is 4.79 Å². The highest BCUT2D eigenvalue weighted by atomic mass is 16.4. The summed E-state index contributed by atoms with van der Waals surface area (Å²) in [6.07, 6.45) is 3.49. The van der Waals surface area contributed by atoms with Crippen molar-refractivity contribution >= 4 is 12.0 Å². The first-order chi connectivity index (χ1) is 9.20. The molecule has 2 amide bonds. The molecule has 1 rings (SSSR count). The zero-order valence-electron chi connectivity index (χ0n) is 12.6. The second kappa shape index (κ2) is 6.92. The third-order valence-electron chi connectivity index (χ3n) is 3.71. The lowest BCUT2D eigenvalue weighted by Crippen LogP contribution is -2.46. The van der Waals surface area contributed by atoms with E-state index in [-0.39, 0.29) is 24.4 Å². The van der Waals surface area contributed by atoms with Gasteiger partial charge >= 0.3 is 12.0 Å². The molecule has 6 nitrogen and oxygen atoms in total. The van der Waals surface area contributed by atoms with Crippen LogP contribution in [0.1, 0.15) is 39.5 Å². The van der Waals surface area contributed by atoms with Crippen LogP contribution in [-0.4, -0.2) is 52.9 Å². The van der Waals surface area contributed by atoms with Crippen molar-refractivity contribution in [1.82, 2.24) is 10.2 Å². The Balaban J connectivity index is 2.44. The van der Waals surface area contributed by atoms with E-state index in [9.17, 15) is 19.8 Å². The highest BCUT2D eigenvalue weighted by Gasteiger charge is 2.31. The SMILES string of the molecule is CN(CC(C)(C)O)C(=O)NCC1CCCCC1C(=O)O. The van der Waals surface area contributed by atoms with Crippen LogP contribution in [0.2, 0.25) is 0 Å². The van der Waals surface area contributed by atoms with E-state index >= 15 is 0 Å². The predicted molar refractivity (Wildman–Crippen MR) is 75.4 cm³/mol. The molecule has 0 saturated heterocycles. The molecule has 0 aliphatic heterocycles. The first-order valence-corrected chi connectivity index (χ1v) is 7.15. The van der Waals surface area contributed by atoms with Gasteiger partial charge in [-0.3, -0.25) is 4.79 Å². The highest BCUT2D eigenvalue weighted by molar-refractivity contribution is 5.74. The van der Waals surface area contributed by atoms with E-state index in [1.807, 2.05) is 0 Å². The Morgan fingerprint density at radius 3 is 2.45 bits per heavy atom. The van der Waals surface area contributed by atoms with E-state index in [2.05, 4.69) is 5.32 Å². The van der Waals surface area contributed by atoms with Gasteiger partial charge in [0.05, 0.1) is 18.1 Å². The predicted octanol–water partition coefficient (Wildman–Crippen LogP) is 1.29. The van der Waals surface area contributed by atoms with Crippen molar-refractivity contribution in [2.45, 2.75) is 45.1 Å². The summed E-state index contributed by atoms with van der Waals surface area (Å²) in [6.45, 7) is 3.88. The smallest absolute Gasteiger partial charge is 0.317 e. The highest BCUT2D eigenvalue weighted by Crippen LogP contribution is 2.29. The number of nitrogens with zero attached hydrogens (tertiary/aromatic N) is 1. The van der Waals surface area contributed by atoms with Gasteiger partial charge in [-0.1, -0.05) is 12.8 Å². The summed E-state index contributed by atoms with van der Waals surface area (Å²) in [4.78, 5) is 24.5. The zero-order chi connectivity index (χ0) is 15.3. The van der Waals surface area contributed by atoms with E-state index < -0.39 is 11.6 Å². The number of hydrogen-bond donors (Lipinski definition) is 3. The van der Waals surface area contributed by atoms with Crippen LogP contribution in [-0.2, 0) is 4.79 Å². The molecule has 0 bridgehead atoms. The minimum absolute atomic E-state index is 0.000682. The molecule has 116 valence electrons. The van der Waals surface area contributed by atoms with Gasteiger partial charge in [-0.15, -0.1) is 0 Å². The van der Waals surface area contributed by atoms with Gasteiger partial charge in [-0.05, 0) is 32.6 Å². The molecule has 0 spiro atoms. The number of carboxylic acids is 1. The first-order valence-electron chi connectivity index (χ1n) is 7.15. The van der Waals surface area contributed by atoms with Crippen molar-refractivity contribution in [2.75, 3.05) is 20.1 Å². The first kappa shape index (κ1) is 16.8. The molecule has 0 heterocycles. The van der Waals surface area contributed by atoms with Gasteiger partial charge in [0.1, 0.15) is 0 Å². The Morgan fingerprint density at radius 2 is 1.90 bits per heavy atom. The lowest BCUT2D eigenvalue weighted by molar-refractivity contribution is -0.144. The molecule has 1 fully saturated rings. The van der Waals surface area contributed by atoms with Crippen LogP contribution in [0.5, 0.6) is 0 Å². The Bertz CT molecular complexity index is 352. The number of likely N-dealkylation sites (N-methyl/N-ethyl adjacent to an activating group) is 1. The summed E-state index contributed by atoms with van der Waals surface area (Å²) in [7, 11) is 1.61. The molecule has 6 heteroatoms. The molecule has 2 atom stereocenters. The molecule has 1 aliphatic carbocycles. The van der Waals surface area contributed by atoms with Crippen LogP contribution in [0.15, 0.2) is 0 Å². The fourth-order valence-corrected chi connectivity index (χ4v) is 2.78. The number of carbonyl (C=O) groups excluding carboxylic acids is 1. The molecule has 20 heavy (non-hydrogen) atoms. The fourth-order valence-electron chi connectivity index (χ4n) is 2.78. The molecule has 0 aromatic heterocycles. The van der Waals surface area contributed by atoms with Crippen molar-refractivity contribution in [3.8, 4) is 0 Å². The second-order valence-corrected chi connectivity index (χ2v) is 6.34. The molecule has 0 radical (unpaired) electrons. The van der Waals surface area contributed by atoms with Crippen LogP contribution < -0.4 is 5.32 Å². The van der Waals surface area contributed by atoms with Gasteiger partial charge in [-0.25, -0.2) is 4.79 Å². The second-order valence-electron chi connectivity index (χ2n) is 6.34. The summed E-state index contributed by atoms with van der Waals surface area (Å²) in [5.41, 5.74) is -0.944. The number of urea groups is 1. The molecular formula is C14H26N2O4. The third-order valence-corrected chi connectivity index (χ3v) is 3.71. The number of nitrogens with one attached hydrogen (secondary N) is 1. The molecule has 1 saturated carbocycles. The maximum Gasteiger partial charge on any atom is 0.317 e. The van der Waals surface area contributed by atoms with Crippen molar-refractivity contribution in [2.24, 2.45) is 11.8 Å². The van der Waals surface area contributed by atoms with Crippen molar-refractivity contribution < 1.29 is 19.8 Å². The van der Waals surface area contributed by atoms with Gasteiger partial charge in [0.2, 0.25) is 0 Å². The number of carbonyl (C=O) groups is 2. The number of aliphatic hydroxyl groups is 1. The van der Waals surface area contributed by atoms with Gasteiger partial charge in [0.15, 0.2) is 0 Å². The van der Waals surface area contributed by atoms with Crippen LogP contribution in [0.25, 0.3) is 0 Å². The summed E-state index contributed by atoms with van der Waals surface area (Å²) in [5, 5.41) is 21.6. The average Bonchev–Trinajstić information content (AvgIpc) is 2.34. The van der Waals surface area contributed by atoms with E-state index in [1.165, 1.54) is 4.90 Å². The van der Waals surface area contributed by atoms with Gasteiger partial charge in [0.25, 0.3) is 0 Å². The van der Waals surface area contributed by atoms with E-state index in [1.54, 1.807) is 20.9 Å². The monoisotopic (exact) mass is 286 g/mol. The summed E-state index contributed by atoms with van der Waals surface area (Å²) < 4.78 is 0. The van der Waals surface area contributed by atoms with Gasteiger partial charge in [-0.2, -0.15) is 0 Å². The Labute approximate surface area is 120 Å². The molecule has 0 aromatic carbocycles. The van der Waals surface area contributed by atoms with Gasteiger partial charge in [0, 0.05) is 13.6 Å². The number of hydrogen-bond acceptors (Lipinski definition) is 3. The molecular weight excluding hydrogens is 260 g/mol. The lowest BCUT2D eigenvalue weighted by Gasteiger charge is -2.30. The van der Waals surface area contributed by atoms with Crippen molar-refractivity contribution in [1.29, 1.82) is 0 Å². The quantitative estimate of drug-likeness (QED) is 0.710. The summed E-state index contributed by atoms with van der Waals surface area (Å²) >= 11 is 0. The van der Waals surface area contributed by atoms with E-state index in [4.69, 9.17) is 0 Å². The standard InChI is InChI=1S/C14H26N2O4/c1-14(2,20)9-16(3)13(19)15-8-10-6-4-5-7-11(10)12(17)18/h10-11,20H,4-9H2,1-3H3,(H,15,19)(H,17,18). The number of amides is 2. The Morgan fingerprint density at radius 1 is 1.30 bits per heavy atom. The van der Waals surface area contributed by atoms with E-state index in [0.29, 0.717) is 13.0 Å². The molecule has 2 unspecified atom stereocenters. The normalized spacial score (nSPS) is 23.2. The van der Waals surface area contributed by atoms with Crippen LogP contribution >= 0.6 is 0 Å². The maximum absolute atomic E-state index is 11.9. The lowest BCUT2D eigenvalue weighted by atomic mass is 9.79. The Hall–Kier alpha value is -1.30. The summed E-state index contributed by atoms with van der Waals surface area (Å²) in [6, 6.07) is -0.276. The molecule has 3 N–H and O–H groups in total. The van der Waals surface area contributed by atoms with Crippen LogP contribution in [0.3, 0.4) is 0 Å². The van der Waals surface area contributed by atoms with E-state index in [0.717, 1.165) is 19.3 Å². The Kier molecular flexibility index (Phi) is 5.80. The van der Waals surface area contributed by atoms with Gasteiger partial charge < -0.3 is 20.4 Å².